The summed E-state index contributed by atoms with van der Waals surface area (Å²) in [5.41, 5.74) is 5.77. The molecule has 3 heterocycles. The number of nitrogens with zero attached hydrogens (tertiary/aromatic N) is 1. The molecule has 14 nitrogen and oxygen atoms in total. The van der Waals surface area contributed by atoms with Crippen LogP contribution < -0.4 is 11.1 Å². The van der Waals surface area contributed by atoms with Crippen molar-refractivity contribution >= 4 is 17.7 Å². The molecule has 6 N–H and O–H groups in total. The van der Waals surface area contributed by atoms with Crippen molar-refractivity contribution in [3.8, 4) is 0 Å². The van der Waals surface area contributed by atoms with Gasteiger partial charge < -0.3 is 59.7 Å². The van der Waals surface area contributed by atoms with Crippen LogP contribution in [0.2, 0.25) is 0 Å². The number of benzene rings is 1. The number of fused-ring (bicyclic) bond motifs is 5. The molecule has 14 heteroatoms. The van der Waals surface area contributed by atoms with Crippen LogP contribution in [0.25, 0.3) is 0 Å². The van der Waals surface area contributed by atoms with Gasteiger partial charge in [0.15, 0.2) is 6.29 Å². The van der Waals surface area contributed by atoms with Gasteiger partial charge in [0, 0.05) is 30.1 Å². The molecular formula is C43H69N3O11. The Morgan fingerprint density at radius 3 is 2.46 bits per heavy atom. The van der Waals surface area contributed by atoms with Crippen LogP contribution in [0.4, 0.5) is 10.5 Å². The maximum Gasteiger partial charge on any atom is 0.407 e. The molecule has 1 amide bonds. The summed E-state index contributed by atoms with van der Waals surface area (Å²) in [5, 5.41) is 38.7. The number of rotatable bonds is 8. The van der Waals surface area contributed by atoms with Gasteiger partial charge >= 0.3 is 12.1 Å². The number of nitrogen functional groups attached to an aromatic ring is 1. The second-order valence-electron chi connectivity index (χ2n) is 17.2. The number of aliphatic hydroxyl groups is 3. The van der Waals surface area contributed by atoms with Crippen LogP contribution in [0.5, 0.6) is 0 Å². The summed E-state index contributed by atoms with van der Waals surface area (Å²) >= 11 is 0. The molecule has 1 aromatic rings. The van der Waals surface area contributed by atoms with Gasteiger partial charge in [-0.05, 0) is 96.3 Å². The van der Waals surface area contributed by atoms with Gasteiger partial charge in [-0.2, -0.15) is 0 Å². The molecule has 0 spiro atoms. The van der Waals surface area contributed by atoms with E-state index in [0.29, 0.717) is 24.1 Å². The van der Waals surface area contributed by atoms with Crippen molar-refractivity contribution in [3.05, 3.63) is 53.6 Å². The molecule has 57 heavy (non-hydrogen) atoms. The van der Waals surface area contributed by atoms with Gasteiger partial charge in [0.25, 0.3) is 0 Å². The average molecular weight is 804 g/mol. The summed E-state index contributed by atoms with van der Waals surface area (Å²) < 4.78 is 38.1. The molecule has 0 aliphatic carbocycles. The number of esters is 1. The van der Waals surface area contributed by atoms with Crippen LogP contribution in [0.3, 0.4) is 0 Å². The van der Waals surface area contributed by atoms with Crippen molar-refractivity contribution in [1.82, 2.24) is 10.2 Å². The first-order valence-corrected chi connectivity index (χ1v) is 20.3. The van der Waals surface area contributed by atoms with E-state index in [4.69, 9.17) is 34.2 Å². The maximum atomic E-state index is 13.9. The third-order valence-corrected chi connectivity index (χ3v) is 12.2. The summed E-state index contributed by atoms with van der Waals surface area (Å²) in [6, 6.07) is 6.93. The Kier molecular flexibility index (Phi) is 16.2. The number of amides is 1. The highest BCUT2D eigenvalue weighted by Gasteiger charge is 2.52. The molecule has 3 aliphatic heterocycles. The first-order chi connectivity index (χ1) is 26.7. The Morgan fingerprint density at radius 2 is 1.81 bits per heavy atom. The van der Waals surface area contributed by atoms with Crippen LogP contribution in [0.1, 0.15) is 80.2 Å². The minimum absolute atomic E-state index is 0.0166. The summed E-state index contributed by atoms with van der Waals surface area (Å²) in [7, 11) is 3.79. The smallest absolute Gasteiger partial charge is 0.407 e. The second kappa shape index (κ2) is 19.8. The third kappa shape index (κ3) is 11.4. The number of carbonyl (C=O) groups is 2. The molecule has 3 aliphatic rings. The largest absolute Gasteiger partial charge is 0.459 e. The van der Waals surface area contributed by atoms with Crippen LogP contribution in [0, 0.1) is 23.7 Å². The van der Waals surface area contributed by atoms with E-state index in [9.17, 15) is 24.9 Å². The maximum absolute atomic E-state index is 13.9. The normalized spacial score (nSPS) is 39.4. The monoisotopic (exact) mass is 803 g/mol. The zero-order valence-corrected chi connectivity index (χ0v) is 35.6. The lowest BCUT2D eigenvalue weighted by Gasteiger charge is -2.48. The summed E-state index contributed by atoms with van der Waals surface area (Å²) in [6.45, 7) is 19.0. The molecule has 0 saturated carbocycles. The van der Waals surface area contributed by atoms with Crippen molar-refractivity contribution in [2.24, 2.45) is 23.7 Å². The molecule has 14 atom stereocenters. The van der Waals surface area contributed by atoms with Gasteiger partial charge in [-0.3, -0.25) is 4.79 Å². The summed E-state index contributed by atoms with van der Waals surface area (Å²) in [5.74, 6) is -3.31. The highest BCUT2D eigenvalue weighted by molar-refractivity contribution is 5.73. The number of ether oxygens (including phenoxy) is 6. The Labute approximate surface area is 339 Å². The molecule has 2 bridgehead atoms. The zero-order chi connectivity index (χ0) is 42.4. The highest BCUT2D eigenvalue weighted by atomic mass is 16.7. The molecule has 0 aromatic heterocycles. The first-order valence-electron chi connectivity index (χ1n) is 20.3. The fourth-order valence-corrected chi connectivity index (χ4v) is 8.91. The van der Waals surface area contributed by atoms with Gasteiger partial charge in [-0.1, -0.05) is 52.0 Å². The standard InChI is InChI=1S/C43H69N3O11/c1-12-34-43(9,51)38-27(5)32(16-17-52-41(50)45-21-30-14-13-15-31(44)19-30)25(3)20-42(8,54-23-24(2)22-53-38)37(28(6)35(47)29(7)39(49)56-34)57-40-36(48)33(46(10)11)18-26(4)55-40/h13-16,19,25-29,33-38,40,47-48,51H,2,12,17-18,20-23,44H2,1,3-11H3,(H,45,50)/b32-16+/t25-,26-,27+,28+,29-,33+,34-,35+,36-,37-,38?,40?,42-,43-/m1/s1. The number of likely N-dealkylation sites (N-methyl/N-ethyl adjacent to an activating group) is 1. The van der Waals surface area contributed by atoms with Gasteiger partial charge in [0.05, 0.1) is 49.1 Å². The Morgan fingerprint density at radius 1 is 1.11 bits per heavy atom. The number of hydrogen-bond donors (Lipinski definition) is 5. The summed E-state index contributed by atoms with van der Waals surface area (Å²) in [4.78, 5) is 28.7. The number of anilines is 1. The predicted molar refractivity (Wildman–Crippen MR) is 216 cm³/mol. The van der Waals surface area contributed by atoms with Crippen LogP contribution in [-0.4, -0.2) is 126 Å². The Bertz CT molecular complexity index is 1550. The molecule has 0 radical (unpaired) electrons. The van der Waals surface area contributed by atoms with Crippen molar-refractivity contribution in [2.45, 2.75) is 141 Å². The molecule has 4 rings (SSSR count). The van der Waals surface area contributed by atoms with E-state index in [0.717, 1.165) is 11.1 Å². The number of cyclic esters (lactones) is 1. The van der Waals surface area contributed by atoms with E-state index in [-0.39, 0.29) is 50.8 Å². The van der Waals surface area contributed by atoms with E-state index < -0.39 is 77.8 Å². The minimum atomic E-state index is -1.71. The number of alkyl carbamates (subject to hydrolysis) is 1. The topological polar surface area (TPSA) is 191 Å². The summed E-state index contributed by atoms with van der Waals surface area (Å²) in [6.07, 6.45) is -4.20. The molecule has 2 unspecified atom stereocenters. The van der Waals surface area contributed by atoms with Crippen molar-refractivity contribution in [1.29, 1.82) is 0 Å². The van der Waals surface area contributed by atoms with Crippen LogP contribution >= 0.6 is 0 Å². The molecular weight excluding hydrogens is 734 g/mol. The van der Waals surface area contributed by atoms with Gasteiger partial charge in [0.1, 0.15) is 24.4 Å². The van der Waals surface area contributed by atoms with Gasteiger partial charge in [-0.15, -0.1) is 0 Å². The lowest BCUT2D eigenvalue weighted by Crippen LogP contribution is -2.60. The Balaban J connectivity index is 1.81. The quantitative estimate of drug-likeness (QED) is 0.142. The average Bonchev–Trinajstić information content (AvgIpc) is 3.16. The first kappa shape index (κ1) is 46.6. The van der Waals surface area contributed by atoms with Crippen LogP contribution in [-0.2, 0) is 39.8 Å². The number of aliphatic hydroxyl groups excluding tert-OH is 2. The lowest BCUT2D eigenvalue weighted by molar-refractivity contribution is -0.303. The van der Waals surface area contributed by atoms with Crippen molar-refractivity contribution < 1.29 is 53.3 Å². The van der Waals surface area contributed by atoms with E-state index in [1.807, 2.05) is 71.8 Å². The molecule has 3 fully saturated rings. The lowest BCUT2D eigenvalue weighted by atomic mass is 9.72. The molecule has 1 aromatic carbocycles. The van der Waals surface area contributed by atoms with Gasteiger partial charge in [-0.25, -0.2) is 4.79 Å². The third-order valence-electron chi connectivity index (χ3n) is 12.2. The van der Waals surface area contributed by atoms with E-state index in [2.05, 4.69) is 11.9 Å². The van der Waals surface area contributed by atoms with E-state index >= 15 is 0 Å². The second-order valence-corrected chi connectivity index (χ2v) is 17.2. The Hall–Kier alpha value is -3.08. The number of nitrogens with two attached hydrogens (primary N) is 1. The molecule has 322 valence electrons. The SMILES string of the molecule is C=C1COC2[C@@H](C)/C(=C/COC(=O)NCc3cccc(N)c3)[C@H](C)C[C@@](C)(OC1)[C@H](OC1O[C@H](C)C[C@H](N(C)C)[C@H]1O)[C@@H](C)[C@H](O)[C@@H](C)C(=O)O[C@H](CC)[C@@]2(C)O. The highest BCUT2D eigenvalue weighted by Crippen LogP contribution is 2.43. The zero-order valence-electron chi connectivity index (χ0n) is 35.6. The van der Waals surface area contributed by atoms with E-state index in [1.165, 1.54) is 0 Å². The van der Waals surface area contributed by atoms with Gasteiger partial charge in [0.2, 0.25) is 0 Å². The number of hydrogen-bond acceptors (Lipinski definition) is 13. The molecule has 3 saturated heterocycles. The minimum Gasteiger partial charge on any atom is -0.459 e. The number of carbonyl (C=O) groups excluding carboxylic acids is 2. The fraction of sp³-hybridized carbons (Fsp3) is 0.721. The van der Waals surface area contributed by atoms with Crippen molar-refractivity contribution in [3.63, 3.8) is 0 Å². The van der Waals surface area contributed by atoms with E-state index in [1.54, 1.807) is 32.9 Å². The predicted octanol–water partition coefficient (Wildman–Crippen LogP) is 4.34. The van der Waals surface area contributed by atoms with Crippen LogP contribution in [0.15, 0.2) is 48.1 Å². The number of nitrogens with one attached hydrogen (secondary N) is 1. The fourth-order valence-electron chi connectivity index (χ4n) is 8.91. The van der Waals surface area contributed by atoms with Crippen molar-refractivity contribution in [2.75, 3.05) is 39.6 Å².